The maximum Gasteiger partial charge on any atom is 0.270 e. The maximum atomic E-state index is 11.3. The van der Waals surface area contributed by atoms with E-state index in [4.69, 9.17) is 9.47 Å². The number of nitro benzene ring substituents is 1. The van der Waals surface area contributed by atoms with Gasteiger partial charge in [-0.3, -0.25) is 10.1 Å². The number of rotatable bonds is 13. The van der Waals surface area contributed by atoms with Crippen molar-refractivity contribution in [3.63, 3.8) is 0 Å². The van der Waals surface area contributed by atoms with Crippen LogP contribution in [0, 0.1) is 24.0 Å². The third kappa shape index (κ3) is 10.8. The van der Waals surface area contributed by atoms with Gasteiger partial charge in [-0.15, -0.1) is 0 Å². The minimum atomic E-state index is -3.91. The van der Waals surface area contributed by atoms with Crippen LogP contribution in [0.2, 0.25) is 0 Å². The highest BCUT2D eigenvalue weighted by Crippen LogP contribution is 2.29. The second-order valence-electron chi connectivity index (χ2n) is 11.1. The van der Waals surface area contributed by atoms with Crippen molar-refractivity contribution in [2.75, 3.05) is 12.4 Å². The first kappa shape index (κ1) is 35.4. The Bertz CT molecular complexity index is 1680. The van der Waals surface area contributed by atoms with Crippen molar-refractivity contribution in [3.05, 3.63) is 123 Å². The van der Waals surface area contributed by atoms with Gasteiger partial charge in [-0.1, -0.05) is 63.2 Å². The van der Waals surface area contributed by atoms with Gasteiger partial charge in [0.05, 0.1) is 28.3 Å². The number of hydrogen-bond acceptors (Lipinski definition) is 7. The topological polar surface area (TPSA) is 128 Å². The molecule has 0 spiro atoms. The molecule has 0 aliphatic carbocycles. The molecule has 0 saturated carbocycles. The molecule has 0 N–H and O–H groups in total. The summed E-state index contributed by atoms with van der Waals surface area (Å²) in [5, 5.41) is 11.3. The second-order valence-corrected chi connectivity index (χ2v) is 12.8. The fraction of sp³-hybridized carbons (Fsp3) is 0.382. The number of benzene rings is 3. The molecule has 0 aliphatic rings. The van der Waals surface area contributed by atoms with Crippen LogP contribution in [0.25, 0.3) is 0 Å². The van der Waals surface area contributed by atoms with Crippen LogP contribution in [0.15, 0.2) is 79.4 Å². The lowest BCUT2D eigenvalue weighted by Crippen LogP contribution is -2.36. The Morgan fingerprint density at radius 1 is 0.978 bits per heavy atom. The summed E-state index contributed by atoms with van der Waals surface area (Å²) in [6, 6.07) is 19.7. The van der Waals surface area contributed by atoms with E-state index < -0.39 is 10.1 Å². The molecule has 1 aromatic heterocycles. The van der Waals surface area contributed by atoms with Gasteiger partial charge in [-0.25, -0.2) is 17.6 Å². The van der Waals surface area contributed by atoms with Crippen molar-refractivity contribution in [2.24, 2.45) is 0 Å². The Morgan fingerprint density at radius 3 is 2.27 bits per heavy atom. The Labute approximate surface area is 266 Å². The second kappa shape index (κ2) is 16.3. The van der Waals surface area contributed by atoms with Gasteiger partial charge in [-0.05, 0) is 60.6 Å². The number of nitro groups is 1. The van der Waals surface area contributed by atoms with Gasteiger partial charge in [0, 0.05) is 23.4 Å². The van der Waals surface area contributed by atoms with Crippen molar-refractivity contribution < 1.29 is 31.9 Å². The first-order valence-corrected chi connectivity index (χ1v) is 16.5. The first-order valence-electron chi connectivity index (χ1n) is 15.0. The van der Waals surface area contributed by atoms with Crippen LogP contribution in [-0.4, -0.2) is 34.8 Å². The average molecular weight is 638 g/mol. The summed E-state index contributed by atoms with van der Waals surface area (Å²) >= 11 is 0. The third-order valence-electron chi connectivity index (χ3n) is 7.37. The number of hydrogen-bond donors (Lipinski definition) is 0. The normalized spacial score (nSPS) is 12.0. The highest BCUT2D eigenvalue weighted by Gasteiger charge is 2.22. The number of ether oxygens (including phenoxy) is 2. The molecule has 1 unspecified atom stereocenters. The molecule has 45 heavy (non-hydrogen) atoms. The fourth-order valence-electron chi connectivity index (χ4n) is 4.79. The predicted molar refractivity (Wildman–Crippen MR) is 172 cm³/mol. The van der Waals surface area contributed by atoms with E-state index in [1.165, 1.54) is 35.2 Å². The molecule has 0 amide bonds. The molecular formula is C34H43N3O7S. The zero-order valence-electron chi connectivity index (χ0n) is 26.8. The molecule has 4 aromatic rings. The first-order chi connectivity index (χ1) is 21.3. The number of non-ortho nitro benzene ring substituents is 1. The fourth-order valence-corrected chi connectivity index (χ4v) is 4.79. The van der Waals surface area contributed by atoms with Crippen LogP contribution in [0.5, 0.6) is 5.75 Å². The van der Waals surface area contributed by atoms with E-state index in [-0.39, 0.29) is 22.5 Å². The highest BCUT2D eigenvalue weighted by molar-refractivity contribution is 7.85. The van der Waals surface area contributed by atoms with E-state index in [9.17, 15) is 23.1 Å². The number of imidazole rings is 1. The van der Waals surface area contributed by atoms with Gasteiger partial charge in [0.25, 0.3) is 5.69 Å². The molecule has 4 rings (SSSR count). The van der Waals surface area contributed by atoms with Crippen molar-refractivity contribution in [3.8, 4) is 5.75 Å². The molecule has 0 bridgehead atoms. The number of aromatic nitrogens is 2. The molecule has 11 heteroatoms. The van der Waals surface area contributed by atoms with Gasteiger partial charge < -0.3 is 14.0 Å². The van der Waals surface area contributed by atoms with Crippen LogP contribution >= 0.6 is 0 Å². The molecule has 0 fully saturated rings. The van der Waals surface area contributed by atoms with Crippen molar-refractivity contribution in [1.82, 2.24) is 4.57 Å². The van der Waals surface area contributed by atoms with Crippen LogP contribution in [0.1, 0.15) is 73.1 Å². The SMILES string of the molecule is CCOc1ccc([N+](=O)[O-])cc1Cn1cc[n+](CC(OCc2ccc(C)c(C)c2)c2ccccc2C(C)C)c1.CCS(=O)(=O)[O-]. The lowest BCUT2D eigenvalue weighted by Gasteiger charge is -2.22. The number of aryl methyl sites for hydroxylation is 2. The minimum Gasteiger partial charge on any atom is -0.748 e. The summed E-state index contributed by atoms with van der Waals surface area (Å²) in [6.07, 6.45) is 5.85. The van der Waals surface area contributed by atoms with Gasteiger partial charge in [0.15, 0.2) is 0 Å². The quantitative estimate of drug-likeness (QED) is 0.0720. The van der Waals surface area contributed by atoms with Crippen molar-refractivity contribution in [1.29, 1.82) is 0 Å². The molecule has 242 valence electrons. The van der Waals surface area contributed by atoms with Crippen LogP contribution in [-0.2, 0) is 34.6 Å². The molecule has 10 nitrogen and oxygen atoms in total. The van der Waals surface area contributed by atoms with E-state index in [0.29, 0.717) is 38.0 Å². The lowest BCUT2D eigenvalue weighted by molar-refractivity contribution is -0.704. The van der Waals surface area contributed by atoms with E-state index in [0.717, 1.165) is 11.1 Å². The largest absolute Gasteiger partial charge is 0.748 e. The van der Waals surface area contributed by atoms with Crippen LogP contribution in [0.4, 0.5) is 5.69 Å². The third-order valence-corrected chi connectivity index (χ3v) is 8.08. The van der Waals surface area contributed by atoms with Gasteiger partial charge in [0.1, 0.15) is 37.3 Å². The standard InChI is InChI=1S/C32H38N3O4.C2H6O3S/c1-6-38-31-14-13-28(35(36)37)18-27(31)19-33-15-16-34(22-33)20-32(30-10-8-7-9-29(30)23(2)3)39-21-26-12-11-24(4)25(5)17-26;1-2-6(3,4)5/h7-18,22-23,32H,6,19-21H2,1-5H3;2H2,1H3,(H,3,4,5)/q+1;/p-1. The maximum absolute atomic E-state index is 11.3. The summed E-state index contributed by atoms with van der Waals surface area (Å²) in [5.74, 6) is 0.714. The smallest absolute Gasteiger partial charge is 0.270 e. The summed E-state index contributed by atoms with van der Waals surface area (Å²) in [6.45, 7) is 14.0. The van der Waals surface area contributed by atoms with E-state index >= 15 is 0 Å². The minimum absolute atomic E-state index is 0.0542. The van der Waals surface area contributed by atoms with E-state index in [1.54, 1.807) is 12.1 Å². The Balaban J connectivity index is 0.000000838. The van der Waals surface area contributed by atoms with Crippen molar-refractivity contribution >= 4 is 15.8 Å². The number of nitrogens with zero attached hydrogens (tertiary/aromatic N) is 3. The zero-order valence-corrected chi connectivity index (χ0v) is 27.6. The summed E-state index contributed by atoms with van der Waals surface area (Å²) in [5.41, 5.74) is 6.97. The Hall–Kier alpha value is -4.06. The van der Waals surface area contributed by atoms with E-state index in [2.05, 4.69) is 74.7 Å². The van der Waals surface area contributed by atoms with Crippen LogP contribution in [0.3, 0.4) is 0 Å². The Kier molecular flexibility index (Phi) is 12.8. The van der Waals surface area contributed by atoms with Gasteiger partial charge >= 0.3 is 0 Å². The monoisotopic (exact) mass is 637 g/mol. The summed E-state index contributed by atoms with van der Waals surface area (Å²) in [7, 11) is -3.91. The highest BCUT2D eigenvalue weighted by atomic mass is 32.2. The molecule has 3 aromatic carbocycles. The predicted octanol–water partition coefficient (Wildman–Crippen LogP) is 6.38. The summed E-state index contributed by atoms with van der Waals surface area (Å²) < 4.78 is 44.8. The molecular weight excluding hydrogens is 594 g/mol. The van der Waals surface area contributed by atoms with Crippen LogP contribution < -0.4 is 9.30 Å². The molecule has 0 radical (unpaired) electrons. The zero-order chi connectivity index (χ0) is 33.1. The van der Waals surface area contributed by atoms with Gasteiger partial charge in [0.2, 0.25) is 6.33 Å². The molecule has 1 heterocycles. The Morgan fingerprint density at radius 2 is 1.67 bits per heavy atom. The molecule has 1 atom stereocenters. The van der Waals surface area contributed by atoms with Crippen molar-refractivity contribution in [2.45, 2.75) is 73.3 Å². The lowest BCUT2D eigenvalue weighted by atomic mass is 9.94. The van der Waals surface area contributed by atoms with E-state index in [1.807, 2.05) is 30.2 Å². The van der Waals surface area contributed by atoms with Gasteiger partial charge in [-0.2, -0.15) is 0 Å². The molecule has 0 aliphatic heterocycles. The average Bonchev–Trinajstić information content (AvgIpc) is 3.44. The summed E-state index contributed by atoms with van der Waals surface area (Å²) in [4.78, 5) is 11.0. The molecule has 0 saturated heterocycles.